The van der Waals surface area contributed by atoms with Crippen molar-refractivity contribution in [1.29, 1.82) is 0 Å². The van der Waals surface area contributed by atoms with Crippen LogP contribution in [-0.4, -0.2) is 33.3 Å². The van der Waals surface area contributed by atoms with E-state index < -0.39 is 18.2 Å². The number of nitrogens with zero attached hydrogens (tertiary/aromatic N) is 2. The highest BCUT2D eigenvalue weighted by atomic mass is 16.5. The van der Waals surface area contributed by atoms with E-state index in [4.69, 9.17) is 4.74 Å². The van der Waals surface area contributed by atoms with Crippen LogP contribution in [0.15, 0.2) is 18.6 Å². The highest BCUT2D eigenvalue weighted by Crippen LogP contribution is 1.98. The van der Waals surface area contributed by atoms with Gasteiger partial charge in [0.25, 0.3) is 0 Å². The van der Waals surface area contributed by atoms with Crippen molar-refractivity contribution in [2.45, 2.75) is 32.5 Å². The highest BCUT2D eigenvalue weighted by Gasteiger charge is 2.11. The number of carbonyl (C=O) groups is 1. The molecular formula is C12H14N2O3. The summed E-state index contributed by atoms with van der Waals surface area (Å²) in [7, 11) is 0. The molecule has 1 N–H and O–H groups in total. The van der Waals surface area contributed by atoms with Crippen LogP contribution in [0.5, 0.6) is 0 Å². The molecule has 1 rings (SSSR count). The minimum atomic E-state index is -0.687. The van der Waals surface area contributed by atoms with Gasteiger partial charge in [-0.25, -0.2) is 9.78 Å². The van der Waals surface area contributed by atoms with E-state index in [1.54, 1.807) is 6.92 Å². The lowest BCUT2D eigenvalue weighted by molar-refractivity contribution is 0.0430. The van der Waals surface area contributed by atoms with Gasteiger partial charge in [0, 0.05) is 12.4 Å². The monoisotopic (exact) mass is 234 g/mol. The smallest absolute Gasteiger partial charge is 0.359 e. The zero-order chi connectivity index (χ0) is 12.7. The third-order valence-electron chi connectivity index (χ3n) is 1.90. The van der Waals surface area contributed by atoms with Gasteiger partial charge in [-0.1, -0.05) is 18.8 Å². The molecule has 0 bridgehead atoms. The molecule has 1 heterocycles. The average Bonchev–Trinajstić information content (AvgIpc) is 2.36. The fourth-order valence-electron chi connectivity index (χ4n) is 0.971. The third-order valence-corrected chi connectivity index (χ3v) is 1.90. The van der Waals surface area contributed by atoms with Crippen molar-refractivity contribution in [3.63, 3.8) is 0 Å². The molecule has 5 heteroatoms. The minimum absolute atomic E-state index is 0.136. The molecule has 0 aromatic carbocycles. The Morgan fingerprint density at radius 2 is 2.29 bits per heavy atom. The van der Waals surface area contributed by atoms with Crippen LogP contribution in [0.3, 0.4) is 0 Å². The van der Waals surface area contributed by atoms with Crippen LogP contribution >= 0.6 is 0 Å². The lowest BCUT2D eigenvalue weighted by Gasteiger charge is -2.06. The van der Waals surface area contributed by atoms with Gasteiger partial charge in [-0.15, -0.1) is 0 Å². The minimum Gasteiger partial charge on any atom is -0.445 e. The van der Waals surface area contributed by atoms with Gasteiger partial charge in [0.1, 0.15) is 6.10 Å². The molecular weight excluding hydrogens is 220 g/mol. The molecule has 0 fully saturated rings. The van der Waals surface area contributed by atoms with Crippen LogP contribution in [0, 0.1) is 11.8 Å². The SMILES string of the molecule is CCC(O)C#CC(C)OC(=O)c1cnccn1. The fraction of sp³-hybridized carbons (Fsp3) is 0.417. The van der Waals surface area contributed by atoms with E-state index in [1.807, 2.05) is 6.92 Å². The zero-order valence-electron chi connectivity index (χ0n) is 9.75. The first-order valence-corrected chi connectivity index (χ1v) is 5.29. The van der Waals surface area contributed by atoms with E-state index in [2.05, 4.69) is 21.8 Å². The predicted octanol–water partition coefficient (Wildman–Crippen LogP) is 0.796. The molecule has 2 unspecified atom stereocenters. The Balaban J connectivity index is 2.54. The number of carbonyl (C=O) groups excluding carboxylic acids is 1. The third kappa shape index (κ3) is 4.62. The van der Waals surface area contributed by atoms with E-state index >= 15 is 0 Å². The number of esters is 1. The molecule has 2 atom stereocenters. The maximum Gasteiger partial charge on any atom is 0.359 e. The average molecular weight is 234 g/mol. The van der Waals surface area contributed by atoms with E-state index in [0.29, 0.717) is 6.42 Å². The maximum atomic E-state index is 11.5. The van der Waals surface area contributed by atoms with Gasteiger partial charge in [0.05, 0.1) is 6.20 Å². The second-order valence-electron chi connectivity index (χ2n) is 3.35. The van der Waals surface area contributed by atoms with Crippen molar-refractivity contribution in [2.75, 3.05) is 0 Å². The Bertz CT molecular complexity index is 422. The number of aromatic nitrogens is 2. The molecule has 0 saturated carbocycles. The van der Waals surface area contributed by atoms with Crippen molar-refractivity contribution in [3.8, 4) is 11.8 Å². The lowest BCUT2D eigenvalue weighted by atomic mass is 10.2. The van der Waals surface area contributed by atoms with Gasteiger partial charge in [-0.3, -0.25) is 4.98 Å². The standard InChI is InChI=1S/C12H14N2O3/c1-3-10(15)5-4-9(2)17-12(16)11-8-13-6-7-14-11/h6-10,15H,3H2,1-2H3. The predicted molar refractivity (Wildman–Crippen MR) is 61.0 cm³/mol. The molecule has 0 spiro atoms. The van der Waals surface area contributed by atoms with E-state index in [1.165, 1.54) is 18.6 Å². The van der Waals surface area contributed by atoms with Crippen LogP contribution in [0.2, 0.25) is 0 Å². The van der Waals surface area contributed by atoms with Gasteiger partial charge < -0.3 is 9.84 Å². The van der Waals surface area contributed by atoms with Crippen LogP contribution in [-0.2, 0) is 4.74 Å². The quantitative estimate of drug-likeness (QED) is 0.618. The molecule has 1 aromatic rings. The summed E-state index contributed by atoms with van der Waals surface area (Å²) in [5.41, 5.74) is 0.136. The number of hydrogen-bond acceptors (Lipinski definition) is 5. The molecule has 1 aromatic heterocycles. The van der Waals surface area contributed by atoms with Crippen molar-refractivity contribution in [3.05, 3.63) is 24.3 Å². The zero-order valence-corrected chi connectivity index (χ0v) is 9.75. The molecule has 0 aliphatic heterocycles. The number of hydrogen-bond donors (Lipinski definition) is 1. The normalized spacial score (nSPS) is 13.1. The van der Waals surface area contributed by atoms with Crippen LogP contribution in [0.25, 0.3) is 0 Å². The Kier molecular flexibility index (Phi) is 5.11. The Morgan fingerprint density at radius 3 is 2.88 bits per heavy atom. The summed E-state index contributed by atoms with van der Waals surface area (Å²) in [6.45, 7) is 3.44. The topological polar surface area (TPSA) is 72.3 Å². The van der Waals surface area contributed by atoms with Gasteiger partial charge in [-0.05, 0) is 13.3 Å². The molecule has 5 nitrogen and oxygen atoms in total. The van der Waals surface area contributed by atoms with Crippen LogP contribution < -0.4 is 0 Å². The van der Waals surface area contributed by atoms with Gasteiger partial charge in [-0.2, -0.15) is 0 Å². The van der Waals surface area contributed by atoms with Crippen molar-refractivity contribution in [2.24, 2.45) is 0 Å². The summed E-state index contributed by atoms with van der Waals surface area (Å²) >= 11 is 0. The number of aliphatic hydroxyl groups excluding tert-OH is 1. The first-order chi connectivity index (χ1) is 8.13. The first kappa shape index (κ1) is 13.1. The Morgan fingerprint density at radius 1 is 1.53 bits per heavy atom. The van der Waals surface area contributed by atoms with E-state index in [9.17, 15) is 9.90 Å². The lowest BCUT2D eigenvalue weighted by Crippen LogP contribution is -2.15. The van der Waals surface area contributed by atoms with Gasteiger partial charge in [0.2, 0.25) is 0 Å². The molecule has 0 aliphatic rings. The van der Waals surface area contributed by atoms with Crippen molar-refractivity contribution in [1.82, 2.24) is 9.97 Å². The highest BCUT2D eigenvalue weighted by molar-refractivity contribution is 5.86. The van der Waals surface area contributed by atoms with E-state index in [-0.39, 0.29) is 5.69 Å². The largest absolute Gasteiger partial charge is 0.445 e. The summed E-state index contributed by atoms with van der Waals surface area (Å²) in [5.74, 6) is 4.65. The van der Waals surface area contributed by atoms with Crippen molar-refractivity contribution < 1.29 is 14.6 Å². The van der Waals surface area contributed by atoms with Gasteiger partial charge >= 0.3 is 5.97 Å². The Labute approximate surface area is 99.9 Å². The summed E-state index contributed by atoms with van der Waals surface area (Å²) < 4.78 is 5.01. The molecule has 90 valence electrons. The summed E-state index contributed by atoms with van der Waals surface area (Å²) in [5, 5.41) is 9.22. The molecule has 0 radical (unpaired) electrons. The molecule has 0 saturated heterocycles. The number of ether oxygens (including phenoxy) is 1. The summed E-state index contributed by atoms with van der Waals surface area (Å²) in [4.78, 5) is 19.1. The molecule has 17 heavy (non-hydrogen) atoms. The summed E-state index contributed by atoms with van der Waals surface area (Å²) in [6.07, 6.45) is 3.46. The van der Waals surface area contributed by atoms with Crippen LogP contribution in [0.4, 0.5) is 0 Å². The molecule has 0 amide bonds. The molecule has 0 aliphatic carbocycles. The van der Waals surface area contributed by atoms with Crippen molar-refractivity contribution >= 4 is 5.97 Å². The second-order valence-corrected chi connectivity index (χ2v) is 3.35. The summed E-state index contributed by atoms with van der Waals surface area (Å²) in [6, 6.07) is 0. The number of rotatable bonds is 3. The maximum absolute atomic E-state index is 11.5. The number of aliphatic hydroxyl groups is 1. The van der Waals surface area contributed by atoms with Crippen LogP contribution in [0.1, 0.15) is 30.8 Å². The van der Waals surface area contributed by atoms with E-state index in [0.717, 1.165) is 0 Å². The van der Waals surface area contributed by atoms with Gasteiger partial charge in [0.15, 0.2) is 11.8 Å². The first-order valence-electron chi connectivity index (χ1n) is 5.29. The Hall–Kier alpha value is -1.93. The fourth-order valence-corrected chi connectivity index (χ4v) is 0.971. The second kappa shape index (κ2) is 6.61.